The fourth-order valence-electron chi connectivity index (χ4n) is 5.69. The number of carbonyl (C=O) groups is 1. The zero-order chi connectivity index (χ0) is 27.0. The highest BCUT2D eigenvalue weighted by atomic mass is 79.9. The summed E-state index contributed by atoms with van der Waals surface area (Å²) in [5, 5.41) is 4.26. The summed E-state index contributed by atoms with van der Waals surface area (Å²) >= 11 is 3.47. The summed E-state index contributed by atoms with van der Waals surface area (Å²) in [6.45, 7) is 4.96. The minimum Gasteiger partial charge on any atom is -0.496 e. The molecule has 1 aliphatic heterocycles. The molecular formula is C28H31BrN4O5. The molecule has 1 aliphatic carbocycles. The topological polar surface area (TPSA) is 107 Å². The maximum Gasteiger partial charge on any atom is 0.349 e. The van der Waals surface area contributed by atoms with E-state index in [1.807, 2.05) is 19.9 Å². The lowest BCUT2D eigenvalue weighted by molar-refractivity contribution is 0.0511. The van der Waals surface area contributed by atoms with Crippen molar-refractivity contribution in [3.8, 4) is 22.9 Å². The predicted octanol–water partition coefficient (Wildman–Crippen LogP) is 4.75. The molecule has 1 amide bonds. The fourth-order valence-corrected chi connectivity index (χ4v) is 6.21. The second-order valence-electron chi connectivity index (χ2n) is 10.2. The Hall–Kier alpha value is -3.40. The molecule has 9 nitrogen and oxygen atoms in total. The predicted molar refractivity (Wildman–Crippen MR) is 147 cm³/mol. The number of likely N-dealkylation sites (tertiary alicyclic amines) is 1. The number of halogens is 1. The van der Waals surface area contributed by atoms with E-state index >= 15 is 0 Å². The third-order valence-electron chi connectivity index (χ3n) is 7.64. The Morgan fingerprint density at radius 1 is 1.05 bits per heavy atom. The Kier molecular flexibility index (Phi) is 7.43. The number of hydrogen-bond acceptors (Lipinski definition) is 6. The number of aryl methyl sites for hydroxylation is 2. The number of H-pyrrole nitrogens is 1. The molecule has 0 bridgehead atoms. The monoisotopic (exact) mass is 582 g/mol. The number of carbonyl (C=O) groups excluding carboxylic acids is 1. The molecule has 1 aromatic heterocycles. The molecule has 38 heavy (non-hydrogen) atoms. The molecule has 0 radical (unpaired) electrons. The summed E-state index contributed by atoms with van der Waals surface area (Å²) in [5.74, 6) is 2.63. The lowest BCUT2D eigenvalue weighted by Crippen LogP contribution is -2.47. The highest BCUT2D eigenvalue weighted by Crippen LogP contribution is 2.37. The molecular weight excluding hydrogens is 552 g/mol. The van der Waals surface area contributed by atoms with Gasteiger partial charge < -0.3 is 14.4 Å². The molecule has 0 spiro atoms. The van der Waals surface area contributed by atoms with Crippen molar-refractivity contribution in [1.82, 2.24) is 19.7 Å². The van der Waals surface area contributed by atoms with Crippen LogP contribution >= 0.6 is 15.9 Å². The van der Waals surface area contributed by atoms with Crippen LogP contribution in [0.1, 0.15) is 53.7 Å². The molecule has 2 aliphatic rings. The number of rotatable bonds is 5. The van der Waals surface area contributed by atoms with Gasteiger partial charge in [-0.15, -0.1) is 0 Å². The first-order valence-corrected chi connectivity index (χ1v) is 13.7. The largest absolute Gasteiger partial charge is 0.496 e. The molecule has 200 valence electrons. The Balaban J connectivity index is 1.43. The number of fused-ring (bicyclic) bond motifs is 1. The zero-order valence-corrected chi connectivity index (χ0v) is 23.3. The summed E-state index contributed by atoms with van der Waals surface area (Å²) in [5.41, 5.74) is 0.227. The smallest absolute Gasteiger partial charge is 0.349 e. The van der Waals surface area contributed by atoms with Gasteiger partial charge in [0.2, 0.25) is 5.69 Å². The lowest BCUT2D eigenvalue weighted by atomic mass is 9.75. The number of nitrogens with zero attached hydrogens (tertiary/aromatic N) is 3. The van der Waals surface area contributed by atoms with Crippen LogP contribution in [-0.2, 0) is 0 Å². The van der Waals surface area contributed by atoms with E-state index in [1.54, 1.807) is 36.3 Å². The number of aromatic amines is 1. The summed E-state index contributed by atoms with van der Waals surface area (Å²) < 4.78 is 13.3. The first kappa shape index (κ1) is 26.2. The van der Waals surface area contributed by atoms with E-state index in [2.05, 4.69) is 26.0 Å². The summed E-state index contributed by atoms with van der Waals surface area (Å²) in [6.07, 6.45) is 5.70. The molecule has 1 saturated carbocycles. The highest BCUT2D eigenvalue weighted by Gasteiger charge is 2.34. The van der Waals surface area contributed by atoms with Crippen LogP contribution in [0.2, 0.25) is 0 Å². The number of benzene rings is 2. The van der Waals surface area contributed by atoms with Crippen LogP contribution in [0.3, 0.4) is 0 Å². The van der Waals surface area contributed by atoms with Gasteiger partial charge in [-0.2, -0.15) is 9.78 Å². The molecule has 2 aromatic carbocycles. The van der Waals surface area contributed by atoms with Gasteiger partial charge in [0, 0.05) is 13.1 Å². The maximum absolute atomic E-state index is 13.3. The molecule has 3 aromatic rings. The van der Waals surface area contributed by atoms with Crippen molar-refractivity contribution in [2.24, 2.45) is 11.8 Å². The normalized spacial score (nSPS) is 19.1. The van der Waals surface area contributed by atoms with Crippen LogP contribution in [0.5, 0.6) is 17.2 Å². The maximum atomic E-state index is 13.3. The van der Waals surface area contributed by atoms with Gasteiger partial charge in [-0.05, 0) is 95.9 Å². The number of piperidine rings is 1. The van der Waals surface area contributed by atoms with Gasteiger partial charge in [-0.25, -0.2) is 4.79 Å². The van der Waals surface area contributed by atoms with Crippen LogP contribution in [0.15, 0.2) is 44.4 Å². The van der Waals surface area contributed by atoms with E-state index in [0.717, 1.165) is 33.1 Å². The number of nitrogens with one attached hydrogen (secondary N) is 1. The molecule has 2 fully saturated rings. The van der Waals surface area contributed by atoms with Gasteiger partial charge in [0.1, 0.15) is 17.2 Å². The number of hydrogen-bond donors (Lipinski definition) is 1. The van der Waals surface area contributed by atoms with E-state index in [1.165, 1.54) is 19.3 Å². The molecule has 2 atom stereocenters. The van der Waals surface area contributed by atoms with Crippen LogP contribution in [0.4, 0.5) is 0 Å². The Labute approximate surface area is 228 Å². The van der Waals surface area contributed by atoms with Crippen LogP contribution in [0, 0.1) is 25.7 Å². The van der Waals surface area contributed by atoms with Gasteiger partial charge in [0.05, 0.1) is 17.3 Å². The van der Waals surface area contributed by atoms with Crippen molar-refractivity contribution in [1.29, 1.82) is 0 Å². The first-order valence-electron chi connectivity index (χ1n) is 12.9. The molecule has 5 rings (SSSR count). The molecule has 1 N–H and O–H groups in total. The van der Waals surface area contributed by atoms with Gasteiger partial charge in [-0.3, -0.25) is 14.6 Å². The van der Waals surface area contributed by atoms with E-state index in [0.29, 0.717) is 47.9 Å². The van der Waals surface area contributed by atoms with Crippen molar-refractivity contribution in [3.63, 3.8) is 0 Å². The average Bonchev–Trinajstić information content (AvgIpc) is 2.90. The van der Waals surface area contributed by atoms with E-state index in [4.69, 9.17) is 9.47 Å². The van der Waals surface area contributed by atoms with E-state index in [9.17, 15) is 14.4 Å². The number of ether oxygens (including phenoxy) is 2. The Morgan fingerprint density at radius 2 is 1.76 bits per heavy atom. The Morgan fingerprint density at radius 3 is 2.45 bits per heavy atom. The van der Waals surface area contributed by atoms with Crippen molar-refractivity contribution < 1.29 is 14.3 Å². The fraction of sp³-hybridized carbons (Fsp3) is 0.429. The van der Waals surface area contributed by atoms with Gasteiger partial charge >= 0.3 is 5.69 Å². The zero-order valence-electron chi connectivity index (χ0n) is 21.8. The molecule has 10 heteroatoms. The standard InChI is InChI=1S/C28H31BrN4O5/c1-16-12-20(13-17(2)25(16)38-21-8-9-23(37-3)22(29)14-21)33-28(36)30-26(34)24(31-33)27(35)32-11-10-18-6-4-5-7-19(18)15-32/h8-9,12-14,18-19H,4-7,10-11,15H2,1-3H3,(H,30,34,36). The molecule has 1 saturated heterocycles. The SMILES string of the molecule is COc1ccc(Oc2c(C)cc(-n3nc(C(=O)N4CCC5CCCCC5C4)c(=O)[nH]c3=O)cc2C)cc1Br. The van der Waals surface area contributed by atoms with Crippen molar-refractivity contribution >= 4 is 21.8 Å². The minimum absolute atomic E-state index is 0.266. The summed E-state index contributed by atoms with van der Waals surface area (Å²) in [6, 6.07) is 8.91. The molecule has 2 heterocycles. The second kappa shape index (κ2) is 10.8. The minimum atomic E-state index is -0.763. The number of methoxy groups -OCH3 is 1. The van der Waals surface area contributed by atoms with Crippen LogP contribution in [0.25, 0.3) is 5.69 Å². The van der Waals surface area contributed by atoms with E-state index in [-0.39, 0.29) is 5.69 Å². The molecule has 2 unspecified atom stereocenters. The van der Waals surface area contributed by atoms with Gasteiger partial charge in [0.25, 0.3) is 11.5 Å². The summed E-state index contributed by atoms with van der Waals surface area (Å²) in [7, 11) is 1.60. The number of amides is 1. The Bertz CT molecular complexity index is 1470. The quantitative estimate of drug-likeness (QED) is 0.465. The van der Waals surface area contributed by atoms with Gasteiger partial charge in [-0.1, -0.05) is 19.3 Å². The van der Waals surface area contributed by atoms with Crippen molar-refractivity contribution in [2.45, 2.75) is 46.0 Å². The average molecular weight is 583 g/mol. The highest BCUT2D eigenvalue weighted by molar-refractivity contribution is 9.10. The third-order valence-corrected chi connectivity index (χ3v) is 8.26. The summed E-state index contributed by atoms with van der Waals surface area (Å²) in [4.78, 5) is 42.7. The van der Waals surface area contributed by atoms with Crippen LogP contribution in [-0.4, -0.2) is 45.8 Å². The van der Waals surface area contributed by atoms with Gasteiger partial charge in [0.15, 0.2) is 0 Å². The van der Waals surface area contributed by atoms with E-state index < -0.39 is 17.2 Å². The lowest BCUT2D eigenvalue weighted by Gasteiger charge is -2.41. The third kappa shape index (κ3) is 5.14. The van der Waals surface area contributed by atoms with Crippen molar-refractivity contribution in [2.75, 3.05) is 20.2 Å². The number of aromatic nitrogens is 3. The van der Waals surface area contributed by atoms with Crippen LogP contribution < -0.4 is 20.7 Å². The second-order valence-corrected chi connectivity index (χ2v) is 11.0. The first-order chi connectivity index (χ1) is 18.2. The van der Waals surface area contributed by atoms with Crippen molar-refractivity contribution in [3.05, 3.63) is 72.5 Å².